The van der Waals surface area contributed by atoms with E-state index in [1.165, 1.54) is 11.6 Å². The number of unbranched alkanes of at least 4 members (excludes halogenated alkanes) is 1. The van der Waals surface area contributed by atoms with Crippen LogP contribution in [0.5, 0.6) is 5.75 Å². The zero-order valence-corrected chi connectivity index (χ0v) is 19.6. The highest BCUT2D eigenvalue weighted by atomic mass is 19.4. The molecular weight excluding hydrogens is 471 g/mol. The molecule has 4 rings (SSSR count). The summed E-state index contributed by atoms with van der Waals surface area (Å²) in [5.41, 5.74) is 3.63. The molecule has 0 bridgehead atoms. The fraction of sp³-hybridized carbons (Fsp3) is 0.200. The van der Waals surface area contributed by atoms with Crippen LogP contribution < -0.4 is 4.74 Å². The fourth-order valence-corrected chi connectivity index (χ4v) is 3.81. The van der Waals surface area contributed by atoms with Gasteiger partial charge in [-0.15, -0.1) is 0 Å². The summed E-state index contributed by atoms with van der Waals surface area (Å²) in [7, 11) is 0. The summed E-state index contributed by atoms with van der Waals surface area (Å²) in [5.74, 6) is 3.34. The minimum atomic E-state index is -4.57. The van der Waals surface area contributed by atoms with Crippen molar-refractivity contribution < 1.29 is 26.7 Å². The second-order valence-corrected chi connectivity index (χ2v) is 8.46. The van der Waals surface area contributed by atoms with E-state index in [0.29, 0.717) is 5.39 Å². The second-order valence-electron chi connectivity index (χ2n) is 8.46. The van der Waals surface area contributed by atoms with Crippen LogP contribution in [0.15, 0.2) is 72.8 Å². The minimum absolute atomic E-state index is 0.133. The molecule has 0 heterocycles. The first-order chi connectivity index (χ1) is 17.2. The number of rotatable bonds is 6. The van der Waals surface area contributed by atoms with Crippen LogP contribution in [0.4, 0.5) is 22.0 Å². The van der Waals surface area contributed by atoms with Crippen molar-refractivity contribution in [3.8, 4) is 28.7 Å². The Balaban J connectivity index is 1.54. The molecule has 0 aliphatic rings. The van der Waals surface area contributed by atoms with Gasteiger partial charge >= 0.3 is 6.18 Å². The van der Waals surface area contributed by atoms with E-state index >= 15 is 4.39 Å². The van der Waals surface area contributed by atoms with E-state index < -0.39 is 30.2 Å². The number of hydrogen-bond acceptors (Lipinski definition) is 1. The highest BCUT2D eigenvalue weighted by Gasteiger charge is 2.28. The highest BCUT2D eigenvalue weighted by Crippen LogP contribution is 2.28. The molecule has 36 heavy (non-hydrogen) atoms. The number of fused-ring (bicyclic) bond motifs is 1. The van der Waals surface area contributed by atoms with Crippen molar-refractivity contribution in [3.63, 3.8) is 0 Å². The predicted molar refractivity (Wildman–Crippen MR) is 132 cm³/mol. The molecule has 4 aromatic rings. The summed E-state index contributed by atoms with van der Waals surface area (Å²) < 4.78 is 70.4. The first kappa shape index (κ1) is 25.2. The lowest BCUT2D eigenvalue weighted by Gasteiger charge is -2.09. The topological polar surface area (TPSA) is 9.23 Å². The summed E-state index contributed by atoms with van der Waals surface area (Å²) in [6.07, 6.45) is -1.23. The van der Waals surface area contributed by atoms with E-state index in [4.69, 9.17) is 0 Å². The SMILES string of the molecule is CCCCc1ccc(-c2ccc3c(F)c(C#Cc4ccc(OCC(F)(F)F)c(F)c4)ccc3c2)cc1. The van der Waals surface area contributed by atoms with Crippen molar-refractivity contribution in [3.05, 3.63) is 101 Å². The van der Waals surface area contributed by atoms with Crippen molar-refractivity contribution in [1.29, 1.82) is 0 Å². The number of ether oxygens (including phenoxy) is 1. The van der Waals surface area contributed by atoms with Crippen LogP contribution in [0.1, 0.15) is 36.5 Å². The third kappa shape index (κ3) is 6.23. The van der Waals surface area contributed by atoms with E-state index in [9.17, 15) is 17.6 Å². The molecule has 0 fully saturated rings. The lowest BCUT2D eigenvalue weighted by Crippen LogP contribution is -2.19. The summed E-state index contributed by atoms with van der Waals surface area (Å²) in [5, 5.41) is 1.13. The van der Waals surface area contributed by atoms with Crippen LogP contribution in [0.3, 0.4) is 0 Å². The predicted octanol–water partition coefficient (Wildman–Crippen LogP) is 8.47. The van der Waals surface area contributed by atoms with Crippen LogP contribution in [-0.4, -0.2) is 12.8 Å². The molecule has 0 saturated heterocycles. The van der Waals surface area contributed by atoms with Crippen molar-refractivity contribution in [2.75, 3.05) is 6.61 Å². The number of benzene rings is 4. The van der Waals surface area contributed by atoms with Gasteiger partial charge in [0.05, 0.1) is 5.56 Å². The van der Waals surface area contributed by atoms with Crippen LogP contribution in [-0.2, 0) is 6.42 Å². The molecule has 0 aliphatic carbocycles. The lowest BCUT2D eigenvalue weighted by molar-refractivity contribution is -0.153. The maximum atomic E-state index is 15.1. The molecule has 1 nitrogen and oxygen atoms in total. The van der Waals surface area contributed by atoms with Crippen molar-refractivity contribution >= 4 is 10.8 Å². The van der Waals surface area contributed by atoms with Gasteiger partial charge in [0.15, 0.2) is 18.2 Å². The maximum absolute atomic E-state index is 15.1. The quantitative estimate of drug-likeness (QED) is 0.193. The molecule has 0 aromatic heterocycles. The number of alkyl halides is 3. The van der Waals surface area contributed by atoms with Gasteiger partial charge in [0.1, 0.15) is 5.82 Å². The van der Waals surface area contributed by atoms with E-state index in [1.54, 1.807) is 18.2 Å². The molecule has 0 unspecified atom stereocenters. The molecule has 6 heteroatoms. The zero-order valence-electron chi connectivity index (χ0n) is 19.6. The molecule has 0 atom stereocenters. The number of halogens is 5. The summed E-state index contributed by atoms with van der Waals surface area (Å²) in [6.45, 7) is 0.570. The Labute approximate surface area is 206 Å². The van der Waals surface area contributed by atoms with E-state index in [0.717, 1.165) is 47.9 Å². The molecule has 4 aromatic carbocycles. The van der Waals surface area contributed by atoms with Gasteiger partial charge in [-0.3, -0.25) is 0 Å². The Kier molecular flexibility index (Phi) is 7.59. The number of hydrogen-bond donors (Lipinski definition) is 0. The standard InChI is InChI=1S/C30H23F5O/c1-2-3-4-20-5-9-22(10-6-20)24-14-15-26-25(18-24)13-12-23(29(26)32)11-7-21-8-16-28(27(31)17-21)36-19-30(33,34)35/h5-6,8-10,12-18H,2-4,19H2,1H3. The lowest BCUT2D eigenvalue weighted by atomic mass is 9.98. The van der Waals surface area contributed by atoms with Gasteiger partial charge in [-0.05, 0) is 65.3 Å². The maximum Gasteiger partial charge on any atom is 0.422 e. The van der Waals surface area contributed by atoms with Crippen molar-refractivity contribution in [2.24, 2.45) is 0 Å². The Hall–Kier alpha value is -3.85. The summed E-state index contributed by atoms with van der Waals surface area (Å²) in [6, 6.07) is 20.5. The van der Waals surface area contributed by atoms with Gasteiger partial charge in [0, 0.05) is 10.9 Å². The third-order valence-electron chi connectivity index (χ3n) is 5.73. The van der Waals surface area contributed by atoms with Gasteiger partial charge in [-0.25, -0.2) is 8.78 Å². The van der Waals surface area contributed by atoms with E-state index in [1.807, 2.05) is 12.1 Å². The minimum Gasteiger partial charge on any atom is -0.481 e. The molecule has 0 radical (unpaired) electrons. The normalized spacial score (nSPS) is 11.3. The van der Waals surface area contributed by atoms with Crippen LogP contribution in [0.25, 0.3) is 21.9 Å². The zero-order chi connectivity index (χ0) is 25.7. The van der Waals surface area contributed by atoms with Crippen LogP contribution in [0.2, 0.25) is 0 Å². The third-order valence-corrected chi connectivity index (χ3v) is 5.73. The van der Waals surface area contributed by atoms with Crippen LogP contribution >= 0.6 is 0 Å². The van der Waals surface area contributed by atoms with Gasteiger partial charge in [-0.2, -0.15) is 13.2 Å². The fourth-order valence-electron chi connectivity index (χ4n) is 3.81. The average Bonchev–Trinajstić information content (AvgIpc) is 2.86. The van der Waals surface area contributed by atoms with Crippen LogP contribution in [0, 0.1) is 23.5 Å². The second kappa shape index (κ2) is 10.8. The Morgan fingerprint density at radius 1 is 0.806 bits per heavy atom. The van der Waals surface area contributed by atoms with Gasteiger partial charge in [-0.1, -0.05) is 67.6 Å². The van der Waals surface area contributed by atoms with Gasteiger partial charge < -0.3 is 4.74 Å². The molecule has 0 N–H and O–H groups in total. The molecule has 0 amide bonds. The van der Waals surface area contributed by atoms with E-state index in [-0.39, 0.29) is 11.1 Å². The molecule has 184 valence electrons. The Morgan fingerprint density at radius 2 is 1.56 bits per heavy atom. The van der Waals surface area contributed by atoms with E-state index in [2.05, 4.69) is 47.8 Å². The largest absolute Gasteiger partial charge is 0.481 e. The molecule has 0 spiro atoms. The highest BCUT2D eigenvalue weighted by molar-refractivity contribution is 5.89. The summed E-state index contributed by atoms with van der Waals surface area (Å²) in [4.78, 5) is 0. The Bertz CT molecular complexity index is 1430. The molecule has 0 saturated carbocycles. The van der Waals surface area contributed by atoms with Gasteiger partial charge in [0.2, 0.25) is 0 Å². The van der Waals surface area contributed by atoms with Gasteiger partial charge in [0.25, 0.3) is 0 Å². The Morgan fingerprint density at radius 3 is 2.25 bits per heavy atom. The average molecular weight is 495 g/mol. The smallest absolute Gasteiger partial charge is 0.422 e. The first-order valence-corrected chi connectivity index (χ1v) is 11.6. The monoisotopic (exact) mass is 494 g/mol. The van der Waals surface area contributed by atoms with Crippen molar-refractivity contribution in [1.82, 2.24) is 0 Å². The molecule has 0 aliphatic heterocycles. The number of aryl methyl sites for hydroxylation is 1. The first-order valence-electron chi connectivity index (χ1n) is 11.6. The summed E-state index contributed by atoms with van der Waals surface area (Å²) >= 11 is 0. The molecular formula is C30H23F5O. The van der Waals surface area contributed by atoms with Crippen molar-refractivity contribution in [2.45, 2.75) is 32.4 Å².